The normalized spacial score (nSPS) is 10.5. The zero-order valence-corrected chi connectivity index (χ0v) is 9.61. The van der Waals surface area contributed by atoms with Gasteiger partial charge in [0, 0.05) is 10.6 Å². The SMILES string of the molecule is Fc1cccc(SCc2ccc(F)c(F)c2)c1. The van der Waals surface area contributed by atoms with Crippen molar-refractivity contribution in [1.82, 2.24) is 0 Å². The Kier molecular flexibility index (Phi) is 3.74. The smallest absolute Gasteiger partial charge is 0.159 e. The average Bonchev–Trinajstić information content (AvgIpc) is 2.31. The second kappa shape index (κ2) is 5.27. The lowest BCUT2D eigenvalue weighted by atomic mass is 10.2. The summed E-state index contributed by atoms with van der Waals surface area (Å²) in [7, 11) is 0. The molecule has 0 saturated heterocycles. The average molecular weight is 254 g/mol. The molecule has 0 fully saturated rings. The van der Waals surface area contributed by atoms with Crippen LogP contribution in [0.2, 0.25) is 0 Å². The molecule has 0 N–H and O–H groups in total. The Morgan fingerprint density at radius 3 is 2.41 bits per heavy atom. The predicted molar refractivity (Wildman–Crippen MR) is 62.3 cm³/mol. The van der Waals surface area contributed by atoms with Crippen LogP contribution < -0.4 is 0 Å². The highest BCUT2D eigenvalue weighted by Gasteiger charge is 2.03. The molecule has 88 valence electrons. The molecule has 2 aromatic carbocycles. The van der Waals surface area contributed by atoms with E-state index in [-0.39, 0.29) is 5.82 Å². The lowest BCUT2D eigenvalue weighted by molar-refractivity contribution is 0.507. The highest BCUT2D eigenvalue weighted by atomic mass is 32.2. The Hall–Kier alpha value is -1.42. The molecule has 0 bridgehead atoms. The van der Waals surface area contributed by atoms with Crippen molar-refractivity contribution in [2.45, 2.75) is 10.6 Å². The van der Waals surface area contributed by atoms with Crippen molar-refractivity contribution in [2.24, 2.45) is 0 Å². The summed E-state index contributed by atoms with van der Waals surface area (Å²) in [5.74, 6) is -1.55. The van der Waals surface area contributed by atoms with E-state index in [0.29, 0.717) is 11.3 Å². The molecular formula is C13H9F3S. The number of hydrogen-bond acceptors (Lipinski definition) is 1. The molecule has 2 aromatic rings. The van der Waals surface area contributed by atoms with Crippen LogP contribution in [0.1, 0.15) is 5.56 Å². The minimum atomic E-state index is -0.859. The Labute approximate surface area is 101 Å². The maximum Gasteiger partial charge on any atom is 0.159 e. The van der Waals surface area contributed by atoms with E-state index in [0.717, 1.165) is 17.0 Å². The van der Waals surface area contributed by atoms with Crippen molar-refractivity contribution >= 4 is 11.8 Å². The van der Waals surface area contributed by atoms with Gasteiger partial charge >= 0.3 is 0 Å². The van der Waals surface area contributed by atoms with Gasteiger partial charge < -0.3 is 0 Å². The summed E-state index contributed by atoms with van der Waals surface area (Å²) in [6, 6.07) is 9.92. The largest absolute Gasteiger partial charge is 0.207 e. The van der Waals surface area contributed by atoms with Crippen molar-refractivity contribution < 1.29 is 13.2 Å². The van der Waals surface area contributed by atoms with Crippen LogP contribution in [-0.4, -0.2) is 0 Å². The van der Waals surface area contributed by atoms with Crippen molar-refractivity contribution in [2.75, 3.05) is 0 Å². The molecule has 0 saturated carbocycles. The zero-order chi connectivity index (χ0) is 12.3. The Morgan fingerprint density at radius 2 is 1.71 bits per heavy atom. The van der Waals surface area contributed by atoms with Crippen LogP contribution in [0.5, 0.6) is 0 Å². The summed E-state index contributed by atoms with van der Waals surface area (Å²) in [5, 5.41) is 0. The van der Waals surface area contributed by atoms with E-state index in [1.807, 2.05) is 0 Å². The number of hydrogen-bond donors (Lipinski definition) is 0. The lowest BCUT2D eigenvalue weighted by Gasteiger charge is -2.03. The second-order valence-corrected chi connectivity index (χ2v) is 4.54. The molecule has 0 radical (unpaired) electrons. The fourth-order valence-electron chi connectivity index (χ4n) is 1.35. The monoisotopic (exact) mass is 254 g/mol. The van der Waals surface area contributed by atoms with Gasteiger partial charge in [-0.3, -0.25) is 0 Å². The Bertz CT molecular complexity index is 526. The second-order valence-electron chi connectivity index (χ2n) is 3.49. The third kappa shape index (κ3) is 3.27. The van der Waals surface area contributed by atoms with Crippen molar-refractivity contribution in [1.29, 1.82) is 0 Å². The summed E-state index contributed by atoms with van der Waals surface area (Å²) in [5.41, 5.74) is 0.665. The number of thioether (sulfide) groups is 1. The molecule has 2 rings (SSSR count). The molecule has 0 aromatic heterocycles. The third-order valence-electron chi connectivity index (χ3n) is 2.19. The molecule has 0 aliphatic carbocycles. The molecule has 0 unspecified atom stereocenters. The fraction of sp³-hybridized carbons (Fsp3) is 0.0769. The minimum absolute atomic E-state index is 0.305. The summed E-state index contributed by atoms with van der Waals surface area (Å²) >= 11 is 1.37. The molecule has 0 spiro atoms. The van der Waals surface area contributed by atoms with Crippen molar-refractivity contribution in [3.63, 3.8) is 0 Å². The molecule has 17 heavy (non-hydrogen) atoms. The molecule has 0 aliphatic heterocycles. The zero-order valence-electron chi connectivity index (χ0n) is 8.79. The van der Waals surface area contributed by atoms with E-state index in [2.05, 4.69) is 0 Å². The van der Waals surface area contributed by atoms with Crippen molar-refractivity contribution in [3.8, 4) is 0 Å². The number of halogens is 3. The van der Waals surface area contributed by atoms with Crippen LogP contribution >= 0.6 is 11.8 Å². The summed E-state index contributed by atoms with van der Waals surface area (Å²) in [6.45, 7) is 0. The molecule has 0 atom stereocenters. The van der Waals surface area contributed by atoms with E-state index in [9.17, 15) is 13.2 Å². The van der Waals surface area contributed by atoms with Crippen LogP contribution in [0.3, 0.4) is 0 Å². The van der Waals surface area contributed by atoms with Gasteiger partial charge in [0.25, 0.3) is 0 Å². The van der Waals surface area contributed by atoms with Crippen LogP contribution in [-0.2, 0) is 5.75 Å². The van der Waals surface area contributed by atoms with E-state index >= 15 is 0 Å². The van der Waals surface area contributed by atoms with Gasteiger partial charge in [0.1, 0.15) is 5.82 Å². The maximum absolute atomic E-state index is 12.9. The van der Waals surface area contributed by atoms with Gasteiger partial charge in [0.05, 0.1) is 0 Å². The topological polar surface area (TPSA) is 0 Å². The van der Waals surface area contributed by atoms with E-state index in [4.69, 9.17) is 0 Å². The lowest BCUT2D eigenvalue weighted by Crippen LogP contribution is -1.87. The van der Waals surface area contributed by atoms with E-state index < -0.39 is 11.6 Å². The van der Waals surface area contributed by atoms with Gasteiger partial charge in [-0.2, -0.15) is 0 Å². The van der Waals surface area contributed by atoms with Gasteiger partial charge in [-0.15, -0.1) is 11.8 Å². The molecule has 0 aliphatic rings. The van der Waals surface area contributed by atoms with Crippen LogP contribution in [0.4, 0.5) is 13.2 Å². The van der Waals surface area contributed by atoms with Crippen LogP contribution in [0.25, 0.3) is 0 Å². The molecule has 0 heterocycles. The molecular weight excluding hydrogens is 245 g/mol. The van der Waals surface area contributed by atoms with Crippen LogP contribution in [0, 0.1) is 17.5 Å². The first-order valence-corrected chi connectivity index (χ1v) is 5.96. The van der Waals surface area contributed by atoms with Gasteiger partial charge in [0.15, 0.2) is 11.6 Å². The predicted octanol–water partition coefficient (Wildman–Crippen LogP) is 4.40. The quantitative estimate of drug-likeness (QED) is 0.732. The highest BCUT2D eigenvalue weighted by molar-refractivity contribution is 7.98. The summed E-state index contributed by atoms with van der Waals surface area (Å²) in [6.07, 6.45) is 0. The minimum Gasteiger partial charge on any atom is -0.207 e. The first-order chi connectivity index (χ1) is 8.15. The van der Waals surface area contributed by atoms with Gasteiger partial charge in [-0.1, -0.05) is 12.1 Å². The van der Waals surface area contributed by atoms with Gasteiger partial charge in [0.2, 0.25) is 0 Å². The van der Waals surface area contributed by atoms with Crippen LogP contribution in [0.15, 0.2) is 47.4 Å². The molecule has 0 nitrogen and oxygen atoms in total. The summed E-state index contributed by atoms with van der Waals surface area (Å²) < 4.78 is 38.5. The number of rotatable bonds is 3. The number of benzene rings is 2. The first kappa shape index (κ1) is 12.0. The maximum atomic E-state index is 12.9. The van der Waals surface area contributed by atoms with E-state index in [1.165, 1.54) is 30.0 Å². The molecule has 4 heteroatoms. The van der Waals surface area contributed by atoms with Gasteiger partial charge in [-0.25, -0.2) is 13.2 Å². The third-order valence-corrected chi connectivity index (χ3v) is 3.25. The van der Waals surface area contributed by atoms with Crippen molar-refractivity contribution in [3.05, 3.63) is 65.5 Å². The van der Waals surface area contributed by atoms with Gasteiger partial charge in [-0.05, 0) is 35.9 Å². The standard InChI is InChI=1S/C13H9F3S/c14-10-2-1-3-11(7-10)17-8-9-4-5-12(15)13(16)6-9/h1-7H,8H2. The summed E-state index contributed by atoms with van der Waals surface area (Å²) in [4.78, 5) is 0.759. The molecule has 0 amide bonds. The Balaban J connectivity index is 2.05. The first-order valence-electron chi connectivity index (χ1n) is 4.97. The highest BCUT2D eigenvalue weighted by Crippen LogP contribution is 2.23. The fourth-order valence-corrected chi connectivity index (χ4v) is 2.24. The Morgan fingerprint density at radius 1 is 0.882 bits per heavy atom. The van der Waals surface area contributed by atoms with E-state index in [1.54, 1.807) is 12.1 Å².